The highest BCUT2D eigenvalue weighted by Crippen LogP contribution is 2.24. The van der Waals surface area contributed by atoms with Crippen molar-refractivity contribution in [2.75, 3.05) is 32.6 Å². The molecule has 112 valence electrons. The second-order valence-corrected chi connectivity index (χ2v) is 5.28. The highest BCUT2D eigenvalue weighted by Gasteiger charge is 2.35. The van der Waals surface area contributed by atoms with Gasteiger partial charge in [0.15, 0.2) is 0 Å². The van der Waals surface area contributed by atoms with Crippen LogP contribution in [-0.2, 0) is 0 Å². The lowest BCUT2D eigenvalue weighted by molar-refractivity contribution is 0.193. The number of carbonyl (C=O) groups is 1. The van der Waals surface area contributed by atoms with Gasteiger partial charge >= 0.3 is 6.03 Å². The molecule has 21 heavy (non-hydrogen) atoms. The maximum Gasteiger partial charge on any atom is 0.320 e. The fraction of sp³-hybridized carbons (Fsp3) is 0.467. The van der Waals surface area contributed by atoms with Crippen molar-refractivity contribution in [1.29, 1.82) is 5.26 Å². The quantitative estimate of drug-likeness (QED) is 0.889. The van der Waals surface area contributed by atoms with Gasteiger partial charge < -0.3 is 20.3 Å². The van der Waals surface area contributed by atoms with Crippen LogP contribution in [0.4, 0.5) is 10.5 Å². The molecule has 1 fully saturated rings. The Morgan fingerprint density at radius 1 is 1.38 bits per heavy atom. The van der Waals surface area contributed by atoms with Gasteiger partial charge in [0.1, 0.15) is 11.3 Å². The standard InChI is InChI=1S/C15H20N4O2/c1-19-9-7-15(11-16,8-10-19)18-14(20)17-12-5-3-4-6-13(12)21-2/h3-6H,7-10H2,1-2H3,(H2,17,18,20). The number of likely N-dealkylation sites (tertiary alicyclic amines) is 1. The first-order valence-electron chi connectivity index (χ1n) is 6.90. The summed E-state index contributed by atoms with van der Waals surface area (Å²) in [6, 6.07) is 9.04. The van der Waals surface area contributed by atoms with E-state index in [1.165, 1.54) is 0 Å². The third-order valence-electron chi connectivity index (χ3n) is 3.76. The van der Waals surface area contributed by atoms with Crippen molar-refractivity contribution in [2.24, 2.45) is 0 Å². The zero-order valence-electron chi connectivity index (χ0n) is 12.3. The van der Waals surface area contributed by atoms with Crippen LogP contribution in [0, 0.1) is 11.3 Å². The van der Waals surface area contributed by atoms with Crippen LogP contribution in [0.5, 0.6) is 5.75 Å². The Balaban J connectivity index is 2.02. The Morgan fingerprint density at radius 2 is 2.05 bits per heavy atom. The maximum atomic E-state index is 12.2. The molecule has 0 atom stereocenters. The molecule has 1 aromatic rings. The molecule has 0 aromatic heterocycles. The maximum absolute atomic E-state index is 12.2. The number of methoxy groups -OCH3 is 1. The van der Waals surface area contributed by atoms with Gasteiger partial charge in [0.2, 0.25) is 0 Å². The van der Waals surface area contributed by atoms with Crippen LogP contribution in [0.15, 0.2) is 24.3 Å². The van der Waals surface area contributed by atoms with E-state index in [9.17, 15) is 10.1 Å². The predicted molar refractivity (Wildman–Crippen MR) is 80.2 cm³/mol. The Labute approximate surface area is 124 Å². The number of hydrogen-bond acceptors (Lipinski definition) is 4. The third kappa shape index (κ3) is 3.64. The molecule has 1 heterocycles. The van der Waals surface area contributed by atoms with E-state index in [-0.39, 0.29) is 6.03 Å². The number of nitrogens with zero attached hydrogens (tertiary/aromatic N) is 2. The zero-order valence-corrected chi connectivity index (χ0v) is 12.3. The largest absolute Gasteiger partial charge is 0.495 e. The normalized spacial score (nSPS) is 17.6. The summed E-state index contributed by atoms with van der Waals surface area (Å²) in [5, 5.41) is 15.0. The molecule has 0 aliphatic carbocycles. The molecule has 2 rings (SSSR count). The minimum absolute atomic E-state index is 0.384. The first-order chi connectivity index (χ1) is 10.1. The Hall–Kier alpha value is -2.26. The van der Waals surface area contributed by atoms with Crippen LogP contribution in [0.2, 0.25) is 0 Å². The number of ether oxygens (including phenoxy) is 1. The van der Waals surface area contributed by atoms with E-state index in [1.54, 1.807) is 19.2 Å². The van der Waals surface area contributed by atoms with Crippen molar-refractivity contribution in [3.63, 3.8) is 0 Å². The van der Waals surface area contributed by atoms with Crippen LogP contribution < -0.4 is 15.4 Å². The van der Waals surface area contributed by atoms with E-state index in [2.05, 4.69) is 21.6 Å². The number of anilines is 1. The summed E-state index contributed by atoms with van der Waals surface area (Å²) in [6.45, 7) is 1.59. The monoisotopic (exact) mass is 288 g/mol. The number of hydrogen-bond donors (Lipinski definition) is 2. The highest BCUT2D eigenvalue weighted by atomic mass is 16.5. The lowest BCUT2D eigenvalue weighted by atomic mass is 9.89. The first kappa shape index (κ1) is 15.1. The summed E-state index contributed by atoms with van der Waals surface area (Å²) < 4.78 is 5.19. The van der Waals surface area contributed by atoms with Gasteiger partial charge in [-0.15, -0.1) is 0 Å². The molecule has 6 nitrogen and oxygen atoms in total. The van der Waals surface area contributed by atoms with Gasteiger partial charge in [0.25, 0.3) is 0 Å². The second-order valence-electron chi connectivity index (χ2n) is 5.28. The molecule has 0 radical (unpaired) electrons. The van der Waals surface area contributed by atoms with Gasteiger partial charge in [-0.1, -0.05) is 12.1 Å². The minimum Gasteiger partial charge on any atom is -0.495 e. The van der Waals surface area contributed by atoms with Crippen LogP contribution >= 0.6 is 0 Å². The number of urea groups is 1. The van der Waals surface area contributed by atoms with Crippen molar-refractivity contribution < 1.29 is 9.53 Å². The molecule has 1 aliphatic heterocycles. The number of piperidine rings is 1. The Bertz CT molecular complexity index is 545. The highest BCUT2D eigenvalue weighted by molar-refractivity contribution is 5.91. The first-order valence-corrected chi connectivity index (χ1v) is 6.90. The summed E-state index contributed by atoms with van der Waals surface area (Å²) in [5.74, 6) is 0.585. The number of rotatable bonds is 3. The number of para-hydroxylation sites is 2. The molecule has 1 aliphatic rings. The lowest BCUT2D eigenvalue weighted by Gasteiger charge is -2.35. The van der Waals surface area contributed by atoms with Crippen LogP contribution in [-0.4, -0.2) is 43.7 Å². The number of nitrogens with one attached hydrogen (secondary N) is 2. The van der Waals surface area contributed by atoms with Gasteiger partial charge in [-0.3, -0.25) is 0 Å². The SMILES string of the molecule is COc1ccccc1NC(=O)NC1(C#N)CCN(C)CC1. The van der Waals surface area contributed by atoms with E-state index < -0.39 is 5.54 Å². The van der Waals surface area contributed by atoms with Crippen molar-refractivity contribution in [1.82, 2.24) is 10.2 Å². The second kappa shape index (κ2) is 6.46. The van der Waals surface area contributed by atoms with Gasteiger partial charge in [0.05, 0.1) is 18.9 Å². The smallest absolute Gasteiger partial charge is 0.320 e. The van der Waals surface area contributed by atoms with Gasteiger partial charge in [0, 0.05) is 13.1 Å². The van der Waals surface area contributed by atoms with Crippen LogP contribution in [0.3, 0.4) is 0 Å². The molecular weight excluding hydrogens is 268 g/mol. The molecule has 1 aromatic carbocycles. The number of nitriles is 1. The molecule has 0 unspecified atom stereocenters. The average molecular weight is 288 g/mol. The minimum atomic E-state index is -0.793. The van der Waals surface area contributed by atoms with Gasteiger partial charge in [-0.2, -0.15) is 5.26 Å². The summed E-state index contributed by atoms with van der Waals surface area (Å²) >= 11 is 0. The van der Waals surface area contributed by atoms with E-state index in [0.717, 1.165) is 13.1 Å². The van der Waals surface area contributed by atoms with E-state index in [0.29, 0.717) is 24.3 Å². The predicted octanol–water partition coefficient (Wildman–Crippen LogP) is 1.80. The summed E-state index contributed by atoms with van der Waals surface area (Å²) in [6.07, 6.45) is 1.25. The van der Waals surface area contributed by atoms with E-state index in [1.807, 2.05) is 19.2 Å². The third-order valence-corrected chi connectivity index (χ3v) is 3.76. The summed E-state index contributed by atoms with van der Waals surface area (Å²) in [5.41, 5.74) is -0.211. The molecule has 0 saturated carbocycles. The summed E-state index contributed by atoms with van der Waals surface area (Å²) in [7, 11) is 3.56. The number of carbonyl (C=O) groups excluding carboxylic acids is 1. The fourth-order valence-corrected chi connectivity index (χ4v) is 2.38. The fourth-order valence-electron chi connectivity index (χ4n) is 2.38. The van der Waals surface area contributed by atoms with Crippen molar-refractivity contribution in [3.05, 3.63) is 24.3 Å². The molecule has 2 N–H and O–H groups in total. The number of benzene rings is 1. The molecular formula is C15H20N4O2. The van der Waals surface area contributed by atoms with E-state index in [4.69, 9.17) is 4.74 Å². The van der Waals surface area contributed by atoms with Gasteiger partial charge in [-0.05, 0) is 32.0 Å². The number of amides is 2. The van der Waals surface area contributed by atoms with Crippen LogP contribution in [0.25, 0.3) is 0 Å². The summed E-state index contributed by atoms with van der Waals surface area (Å²) in [4.78, 5) is 14.3. The van der Waals surface area contributed by atoms with Crippen molar-refractivity contribution in [3.8, 4) is 11.8 Å². The molecule has 2 amide bonds. The van der Waals surface area contributed by atoms with E-state index >= 15 is 0 Å². The average Bonchev–Trinajstić information content (AvgIpc) is 2.50. The van der Waals surface area contributed by atoms with Gasteiger partial charge in [-0.25, -0.2) is 4.79 Å². The van der Waals surface area contributed by atoms with Crippen LogP contribution in [0.1, 0.15) is 12.8 Å². The van der Waals surface area contributed by atoms with Crippen molar-refractivity contribution >= 4 is 11.7 Å². The molecule has 0 bridgehead atoms. The lowest BCUT2D eigenvalue weighted by Crippen LogP contribution is -2.54. The van der Waals surface area contributed by atoms with Crippen molar-refractivity contribution in [2.45, 2.75) is 18.4 Å². The molecule has 1 saturated heterocycles. The molecule has 0 spiro atoms. The Kier molecular flexibility index (Phi) is 4.66. The Morgan fingerprint density at radius 3 is 2.67 bits per heavy atom. The topological polar surface area (TPSA) is 77.4 Å². The molecule has 6 heteroatoms. The zero-order chi connectivity index (χ0) is 15.3.